The van der Waals surface area contributed by atoms with Crippen LogP contribution in [0.25, 0.3) is 0 Å². The van der Waals surface area contributed by atoms with Crippen molar-refractivity contribution in [2.45, 2.75) is 119 Å². The van der Waals surface area contributed by atoms with Gasteiger partial charge in [0.2, 0.25) is 29.5 Å². The molecular formula is C46H64ClN5O9. The van der Waals surface area contributed by atoms with Crippen molar-refractivity contribution in [1.82, 2.24) is 21.3 Å². The van der Waals surface area contributed by atoms with Crippen molar-refractivity contribution in [3.63, 3.8) is 0 Å². The zero-order chi connectivity index (χ0) is 45.4. The molecule has 8 atom stereocenters. The van der Waals surface area contributed by atoms with Crippen LogP contribution in [0.2, 0.25) is 5.02 Å². The molecule has 14 nitrogen and oxygen atoms in total. The van der Waals surface area contributed by atoms with Crippen LogP contribution in [0.15, 0.2) is 54.6 Å². The van der Waals surface area contributed by atoms with Gasteiger partial charge in [-0.05, 0) is 66.5 Å². The second-order valence-electron chi connectivity index (χ2n) is 18.5. The summed E-state index contributed by atoms with van der Waals surface area (Å²) in [7, 11) is 1.50. The Morgan fingerprint density at radius 2 is 1.64 bits per heavy atom. The molecular weight excluding hydrogens is 802 g/mol. The molecule has 0 spiro atoms. The van der Waals surface area contributed by atoms with Crippen LogP contribution in [-0.4, -0.2) is 73.5 Å². The van der Waals surface area contributed by atoms with E-state index in [1.165, 1.54) is 13.2 Å². The maximum atomic E-state index is 14.0. The van der Waals surface area contributed by atoms with E-state index in [0.29, 0.717) is 16.3 Å². The zero-order valence-corrected chi connectivity index (χ0v) is 37.8. The Kier molecular flexibility index (Phi) is 16.6. The first-order chi connectivity index (χ1) is 28.5. The molecule has 5 amide bonds. The molecule has 0 radical (unpaired) electrons. The molecule has 0 aliphatic carbocycles. The number of benzene rings is 2. The number of rotatable bonds is 13. The lowest BCUT2D eigenvalue weighted by Gasteiger charge is -2.32. The number of ether oxygens (including phenoxy) is 3. The summed E-state index contributed by atoms with van der Waals surface area (Å²) in [6.07, 6.45) is 2.06. The van der Waals surface area contributed by atoms with Crippen molar-refractivity contribution in [2.75, 3.05) is 13.7 Å². The predicted octanol–water partition coefficient (Wildman–Crippen LogP) is 5.10. The lowest BCUT2D eigenvalue weighted by Crippen LogP contribution is -2.54. The maximum absolute atomic E-state index is 14.0. The van der Waals surface area contributed by atoms with Crippen molar-refractivity contribution < 1.29 is 43.0 Å². The number of nitrogens with two attached hydrogens (primary N) is 1. The summed E-state index contributed by atoms with van der Waals surface area (Å²) in [5, 5.41) is 11.8. The number of primary amides is 1. The quantitative estimate of drug-likeness (QED) is 0.134. The largest absolute Gasteiger partial charge is 0.495 e. The van der Waals surface area contributed by atoms with Crippen LogP contribution in [0.3, 0.4) is 0 Å². The number of halogens is 1. The molecule has 2 aromatic carbocycles. The Hall–Kier alpha value is -4.95. The topological polar surface area (TPSA) is 208 Å². The van der Waals surface area contributed by atoms with Crippen LogP contribution < -0.4 is 31.7 Å². The summed E-state index contributed by atoms with van der Waals surface area (Å²) in [6, 6.07) is 10.7. The SMILES string of the molecule is COc1ccc(C[C@H]2NC(=O)/C=C\C[C@@H]([C@H](C)[C@H]3O[C@@H]3c3ccc(CNC(=O)[C@@H](C)C(C(N)=O)C(C)C)cc3)OC(=O)[C@H](CC(C)(C)C)NC(=O)C(C)(C)CNC2=O)cc1Cl. The molecule has 2 heterocycles. The molecule has 2 aliphatic heterocycles. The summed E-state index contributed by atoms with van der Waals surface area (Å²) in [5.74, 6) is -3.97. The van der Waals surface area contributed by atoms with Crippen LogP contribution in [0, 0.1) is 34.5 Å². The van der Waals surface area contributed by atoms with Gasteiger partial charge in [-0.2, -0.15) is 0 Å². The average Bonchev–Trinajstić information content (AvgIpc) is 3.98. The normalized spacial score (nSPS) is 24.6. The minimum absolute atomic E-state index is 0.0768. The van der Waals surface area contributed by atoms with Crippen LogP contribution in [0.1, 0.15) is 97.9 Å². The van der Waals surface area contributed by atoms with Gasteiger partial charge >= 0.3 is 5.97 Å². The average molecular weight is 866 g/mol. The Labute approximate surface area is 364 Å². The lowest BCUT2D eigenvalue weighted by molar-refractivity contribution is -0.157. The van der Waals surface area contributed by atoms with E-state index in [9.17, 15) is 28.8 Å². The predicted molar refractivity (Wildman–Crippen MR) is 232 cm³/mol. The molecule has 1 unspecified atom stereocenters. The number of amides is 5. The van der Waals surface area contributed by atoms with E-state index in [-0.39, 0.29) is 67.7 Å². The van der Waals surface area contributed by atoms with Gasteiger partial charge in [0.25, 0.3) is 0 Å². The summed E-state index contributed by atoms with van der Waals surface area (Å²) < 4.78 is 17.6. The zero-order valence-electron chi connectivity index (χ0n) is 37.1. The van der Waals surface area contributed by atoms with Crippen molar-refractivity contribution in [2.24, 2.45) is 40.2 Å². The summed E-state index contributed by atoms with van der Waals surface area (Å²) in [6.45, 7) is 16.7. The highest BCUT2D eigenvalue weighted by Crippen LogP contribution is 2.45. The van der Waals surface area contributed by atoms with Gasteiger partial charge in [0, 0.05) is 37.8 Å². The number of nitrogens with one attached hydrogen (secondary N) is 4. The van der Waals surface area contributed by atoms with Crippen LogP contribution in [0.4, 0.5) is 0 Å². The molecule has 0 saturated carbocycles. The summed E-state index contributed by atoms with van der Waals surface area (Å²) in [4.78, 5) is 79.6. The van der Waals surface area contributed by atoms with Gasteiger partial charge in [-0.1, -0.05) is 96.5 Å². The smallest absolute Gasteiger partial charge is 0.328 e. The number of hydrogen-bond acceptors (Lipinski definition) is 9. The van der Waals surface area contributed by atoms with Gasteiger partial charge in [-0.15, -0.1) is 0 Å². The Bertz CT molecular complexity index is 1940. The van der Waals surface area contributed by atoms with E-state index >= 15 is 0 Å². The molecule has 0 bridgehead atoms. The lowest BCUT2D eigenvalue weighted by atomic mass is 9.83. The van der Waals surface area contributed by atoms with Crippen LogP contribution >= 0.6 is 11.6 Å². The highest BCUT2D eigenvalue weighted by Gasteiger charge is 2.48. The molecule has 1 fully saturated rings. The van der Waals surface area contributed by atoms with Crippen LogP contribution in [-0.2, 0) is 51.2 Å². The minimum Gasteiger partial charge on any atom is -0.495 e. The molecule has 4 rings (SSSR count). The Balaban J connectivity index is 1.54. The molecule has 1 saturated heterocycles. The first kappa shape index (κ1) is 48.7. The third kappa shape index (κ3) is 13.8. The Morgan fingerprint density at radius 3 is 2.23 bits per heavy atom. The fourth-order valence-corrected chi connectivity index (χ4v) is 7.86. The summed E-state index contributed by atoms with van der Waals surface area (Å²) >= 11 is 6.37. The van der Waals surface area contributed by atoms with Gasteiger partial charge in [-0.3, -0.25) is 24.0 Å². The number of epoxide rings is 1. The third-order valence-electron chi connectivity index (χ3n) is 11.3. The van der Waals surface area contributed by atoms with Gasteiger partial charge in [-0.25, -0.2) is 4.79 Å². The standard InChI is InChI=1S/C46H64ClN5O9/c1-25(2)37(40(48)54)27(4)41(55)49-23-28-14-17-30(18-15-28)39-38(61-39)26(3)34-12-11-13-36(53)51-32(21-29-16-19-35(59-10)31(47)20-29)42(56)50-24-46(8,9)44(58)52-33(43(57)60-34)22-45(5,6)7/h11,13-20,25-27,32-34,37-39H,12,21-24H2,1-10H3,(H2,48,54)(H,49,55)(H,50,56)(H,51,53)(H,52,58)/b13-11-/t26-,27-,32+,33-,34-,37?,38+,39+/m0/s1. The Morgan fingerprint density at radius 1 is 0.984 bits per heavy atom. The van der Waals surface area contributed by atoms with E-state index < -0.39 is 65.0 Å². The fraction of sp³-hybridized carbons (Fsp3) is 0.565. The first-order valence-electron chi connectivity index (χ1n) is 20.9. The highest BCUT2D eigenvalue weighted by molar-refractivity contribution is 6.32. The van der Waals surface area contributed by atoms with Gasteiger partial charge < -0.3 is 41.2 Å². The van der Waals surface area contributed by atoms with Gasteiger partial charge in [0.05, 0.1) is 29.6 Å². The van der Waals surface area contributed by atoms with E-state index in [4.69, 9.17) is 31.5 Å². The molecule has 15 heteroatoms. The molecule has 61 heavy (non-hydrogen) atoms. The van der Waals surface area contributed by atoms with E-state index in [2.05, 4.69) is 21.3 Å². The molecule has 2 aliphatic rings. The number of carbonyl (C=O) groups is 6. The highest BCUT2D eigenvalue weighted by atomic mass is 35.5. The minimum atomic E-state index is -1.15. The number of cyclic esters (lactones) is 1. The molecule has 0 aromatic heterocycles. The van der Waals surface area contributed by atoms with E-state index in [0.717, 1.165) is 11.1 Å². The number of hydrogen-bond donors (Lipinski definition) is 5. The van der Waals surface area contributed by atoms with E-state index in [1.54, 1.807) is 45.0 Å². The maximum Gasteiger partial charge on any atom is 0.328 e. The van der Waals surface area contributed by atoms with E-state index in [1.807, 2.05) is 65.8 Å². The molecule has 6 N–H and O–H groups in total. The number of esters is 1. The first-order valence-corrected chi connectivity index (χ1v) is 21.3. The van der Waals surface area contributed by atoms with Crippen molar-refractivity contribution in [3.05, 3.63) is 76.3 Å². The van der Waals surface area contributed by atoms with Crippen molar-refractivity contribution in [1.29, 1.82) is 0 Å². The third-order valence-corrected chi connectivity index (χ3v) is 11.6. The second-order valence-corrected chi connectivity index (χ2v) is 18.9. The monoisotopic (exact) mass is 865 g/mol. The molecule has 2 aromatic rings. The molecule has 334 valence electrons. The van der Waals surface area contributed by atoms with Crippen LogP contribution in [0.5, 0.6) is 5.75 Å². The van der Waals surface area contributed by atoms with Crippen molar-refractivity contribution >= 4 is 47.1 Å². The van der Waals surface area contributed by atoms with Gasteiger partial charge in [0.1, 0.15) is 30.0 Å². The number of carbonyl (C=O) groups excluding carboxylic acids is 6. The van der Waals surface area contributed by atoms with Gasteiger partial charge in [0.15, 0.2) is 0 Å². The van der Waals surface area contributed by atoms with Crippen molar-refractivity contribution in [3.8, 4) is 5.75 Å². The fourth-order valence-electron chi connectivity index (χ4n) is 7.58. The number of methoxy groups -OCH3 is 1. The second kappa shape index (κ2) is 20.7. The summed E-state index contributed by atoms with van der Waals surface area (Å²) in [5.41, 5.74) is 6.47.